The van der Waals surface area contributed by atoms with Crippen molar-refractivity contribution in [3.8, 4) is 5.88 Å². The second kappa shape index (κ2) is 5.35. The normalized spacial score (nSPS) is 27.1. The van der Waals surface area contributed by atoms with Crippen LogP contribution in [0.3, 0.4) is 0 Å². The molecule has 0 aliphatic heterocycles. The van der Waals surface area contributed by atoms with Crippen LogP contribution >= 0.6 is 0 Å². The largest absolute Gasteiger partial charge is 0.474 e. The second-order valence-corrected chi connectivity index (χ2v) is 5.97. The summed E-state index contributed by atoms with van der Waals surface area (Å²) >= 11 is 0. The molecule has 2 aliphatic carbocycles. The first-order valence-corrected chi connectivity index (χ1v) is 7.48. The molecule has 0 unspecified atom stereocenters. The van der Waals surface area contributed by atoms with Gasteiger partial charge in [0.05, 0.1) is 0 Å². The minimum Gasteiger partial charge on any atom is -0.474 e. The highest BCUT2D eigenvalue weighted by atomic mass is 16.5. The second-order valence-electron chi connectivity index (χ2n) is 5.97. The summed E-state index contributed by atoms with van der Waals surface area (Å²) in [5.41, 5.74) is 0. The molecule has 1 aromatic rings. The van der Waals surface area contributed by atoms with Gasteiger partial charge in [-0.2, -0.15) is 4.98 Å². The smallest absolute Gasteiger partial charge is 0.219 e. The molecule has 3 rings (SSSR count). The highest BCUT2D eigenvalue weighted by Crippen LogP contribution is 2.39. The first-order valence-electron chi connectivity index (χ1n) is 7.48. The number of aromatic nitrogens is 2. The molecule has 1 heterocycles. The Morgan fingerprint density at radius 1 is 1.11 bits per heavy atom. The molecule has 0 atom stereocenters. The molecule has 0 saturated heterocycles. The van der Waals surface area contributed by atoms with Crippen LogP contribution in [0.5, 0.6) is 5.88 Å². The van der Waals surface area contributed by atoms with Crippen molar-refractivity contribution in [3.63, 3.8) is 0 Å². The highest BCUT2D eigenvalue weighted by Gasteiger charge is 2.28. The van der Waals surface area contributed by atoms with Crippen molar-refractivity contribution in [2.45, 2.75) is 57.5 Å². The highest BCUT2D eigenvalue weighted by molar-refractivity contribution is 5.38. The molecule has 0 spiro atoms. The Kier molecular flexibility index (Phi) is 3.58. The lowest BCUT2D eigenvalue weighted by Gasteiger charge is -2.26. The van der Waals surface area contributed by atoms with Crippen molar-refractivity contribution in [3.05, 3.63) is 11.9 Å². The molecule has 19 heavy (non-hydrogen) atoms. The maximum atomic E-state index is 6.07. The molecule has 0 aromatic carbocycles. The summed E-state index contributed by atoms with van der Waals surface area (Å²) in [5, 5.41) is 3.10. The molecule has 1 aromatic heterocycles. The molecule has 0 bridgehead atoms. The van der Waals surface area contributed by atoms with Crippen molar-refractivity contribution in [1.82, 2.24) is 9.97 Å². The van der Waals surface area contributed by atoms with E-state index in [2.05, 4.69) is 22.2 Å². The zero-order valence-electron chi connectivity index (χ0n) is 11.9. The number of anilines is 1. The number of rotatable bonds is 4. The summed E-state index contributed by atoms with van der Waals surface area (Å²) < 4.78 is 6.07. The maximum absolute atomic E-state index is 6.07. The summed E-state index contributed by atoms with van der Waals surface area (Å²) in [6.45, 7) is 2.32. The van der Waals surface area contributed by atoms with Crippen LogP contribution in [-0.4, -0.2) is 23.1 Å². The zero-order chi connectivity index (χ0) is 13.2. The Labute approximate surface area is 115 Å². The molecule has 1 N–H and O–H groups in total. The van der Waals surface area contributed by atoms with Gasteiger partial charge in [0.2, 0.25) is 5.88 Å². The lowest BCUT2D eigenvalue weighted by Crippen LogP contribution is -2.23. The van der Waals surface area contributed by atoms with Gasteiger partial charge in [-0.25, -0.2) is 4.98 Å². The Morgan fingerprint density at radius 2 is 1.84 bits per heavy atom. The van der Waals surface area contributed by atoms with Gasteiger partial charge in [0.1, 0.15) is 17.7 Å². The van der Waals surface area contributed by atoms with Gasteiger partial charge in [-0.05, 0) is 44.4 Å². The van der Waals surface area contributed by atoms with E-state index in [0.717, 1.165) is 36.3 Å². The Morgan fingerprint density at radius 3 is 2.47 bits per heavy atom. The van der Waals surface area contributed by atoms with Crippen LogP contribution in [-0.2, 0) is 0 Å². The van der Waals surface area contributed by atoms with Gasteiger partial charge >= 0.3 is 0 Å². The van der Waals surface area contributed by atoms with E-state index in [-0.39, 0.29) is 0 Å². The Hall–Kier alpha value is -1.32. The lowest BCUT2D eigenvalue weighted by molar-refractivity contribution is 0.129. The number of hydrogen-bond donors (Lipinski definition) is 1. The minimum absolute atomic E-state index is 0.336. The standard InChI is InChI=1S/C15H23N3O/c1-10-3-7-12(8-4-10)19-14-9-13(16-2)17-15(18-14)11-5-6-11/h9-12H,3-8H2,1-2H3,(H,16,17,18). The van der Waals surface area contributed by atoms with E-state index >= 15 is 0 Å². The van der Waals surface area contributed by atoms with Crippen LogP contribution in [0.25, 0.3) is 0 Å². The Bertz CT molecular complexity index is 437. The summed E-state index contributed by atoms with van der Waals surface area (Å²) in [7, 11) is 1.89. The van der Waals surface area contributed by atoms with E-state index in [4.69, 9.17) is 4.74 Å². The molecule has 0 radical (unpaired) electrons. The number of hydrogen-bond acceptors (Lipinski definition) is 4. The quantitative estimate of drug-likeness (QED) is 0.903. The van der Waals surface area contributed by atoms with Crippen LogP contribution in [0, 0.1) is 5.92 Å². The fourth-order valence-electron chi connectivity index (χ4n) is 2.67. The average molecular weight is 261 g/mol. The third kappa shape index (κ3) is 3.17. The SMILES string of the molecule is CNc1cc(OC2CCC(C)CC2)nc(C2CC2)n1. The van der Waals surface area contributed by atoms with Gasteiger partial charge in [-0.3, -0.25) is 0 Å². The molecule has 104 valence electrons. The molecule has 0 amide bonds. The molecule has 2 fully saturated rings. The summed E-state index contributed by atoms with van der Waals surface area (Å²) in [6, 6.07) is 1.92. The van der Waals surface area contributed by atoms with E-state index in [1.165, 1.54) is 25.7 Å². The van der Waals surface area contributed by atoms with Gasteiger partial charge in [-0.1, -0.05) is 6.92 Å². The van der Waals surface area contributed by atoms with Crippen molar-refractivity contribution >= 4 is 5.82 Å². The van der Waals surface area contributed by atoms with E-state index in [9.17, 15) is 0 Å². The molecule has 2 saturated carbocycles. The Balaban J connectivity index is 1.70. The predicted molar refractivity (Wildman–Crippen MR) is 75.6 cm³/mol. The zero-order valence-corrected chi connectivity index (χ0v) is 11.9. The first-order chi connectivity index (χ1) is 9.24. The molecular weight excluding hydrogens is 238 g/mol. The van der Waals surface area contributed by atoms with Crippen LogP contribution in [0.2, 0.25) is 0 Å². The van der Waals surface area contributed by atoms with Crippen molar-refractivity contribution in [2.75, 3.05) is 12.4 Å². The fourth-order valence-corrected chi connectivity index (χ4v) is 2.67. The van der Waals surface area contributed by atoms with Gasteiger partial charge in [0.25, 0.3) is 0 Å². The number of ether oxygens (including phenoxy) is 1. The third-order valence-electron chi connectivity index (χ3n) is 4.17. The number of nitrogens with one attached hydrogen (secondary N) is 1. The molecular formula is C15H23N3O. The van der Waals surface area contributed by atoms with Crippen LogP contribution < -0.4 is 10.1 Å². The molecule has 4 nitrogen and oxygen atoms in total. The van der Waals surface area contributed by atoms with Crippen molar-refractivity contribution < 1.29 is 4.74 Å². The molecule has 4 heteroatoms. The minimum atomic E-state index is 0.336. The topological polar surface area (TPSA) is 47.0 Å². The molecule has 2 aliphatic rings. The van der Waals surface area contributed by atoms with Gasteiger partial charge < -0.3 is 10.1 Å². The fraction of sp³-hybridized carbons (Fsp3) is 0.733. The summed E-state index contributed by atoms with van der Waals surface area (Å²) in [6.07, 6.45) is 7.61. The van der Waals surface area contributed by atoms with E-state index in [1.54, 1.807) is 0 Å². The van der Waals surface area contributed by atoms with Gasteiger partial charge in [0.15, 0.2) is 0 Å². The first kappa shape index (κ1) is 12.7. The van der Waals surface area contributed by atoms with E-state index < -0.39 is 0 Å². The third-order valence-corrected chi connectivity index (χ3v) is 4.17. The lowest BCUT2D eigenvalue weighted by atomic mass is 9.89. The summed E-state index contributed by atoms with van der Waals surface area (Å²) in [5.74, 6) is 3.98. The van der Waals surface area contributed by atoms with Crippen LogP contribution in [0.15, 0.2) is 6.07 Å². The summed E-state index contributed by atoms with van der Waals surface area (Å²) in [4.78, 5) is 9.10. The van der Waals surface area contributed by atoms with Gasteiger partial charge in [-0.15, -0.1) is 0 Å². The van der Waals surface area contributed by atoms with E-state index in [1.807, 2.05) is 13.1 Å². The monoisotopic (exact) mass is 261 g/mol. The van der Waals surface area contributed by atoms with Gasteiger partial charge in [0, 0.05) is 19.0 Å². The maximum Gasteiger partial charge on any atom is 0.219 e. The van der Waals surface area contributed by atoms with Crippen molar-refractivity contribution in [1.29, 1.82) is 0 Å². The average Bonchev–Trinajstić information content (AvgIpc) is 3.25. The predicted octanol–water partition coefficient (Wildman–Crippen LogP) is 3.35. The van der Waals surface area contributed by atoms with Crippen LogP contribution in [0.1, 0.15) is 57.2 Å². The van der Waals surface area contributed by atoms with E-state index in [0.29, 0.717) is 12.0 Å². The van der Waals surface area contributed by atoms with Crippen molar-refractivity contribution in [2.24, 2.45) is 5.92 Å². The van der Waals surface area contributed by atoms with Crippen LogP contribution in [0.4, 0.5) is 5.82 Å². The number of nitrogens with zero attached hydrogens (tertiary/aromatic N) is 2.